The highest BCUT2D eigenvalue weighted by molar-refractivity contribution is 5.49. The molecule has 0 bridgehead atoms. The minimum atomic E-state index is 0.126. The summed E-state index contributed by atoms with van der Waals surface area (Å²) in [5, 5.41) is 5.43. The molecule has 1 fully saturated rings. The lowest BCUT2D eigenvalue weighted by Crippen LogP contribution is -2.48. The Balaban J connectivity index is 2.41. The van der Waals surface area contributed by atoms with Crippen LogP contribution in [0.1, 0.15) is 25.7 Å². The van der Waals surface area contributed by atoms with Crippen molar-refractivity contribution in [3.63, 3.8) is 0 Å². The van der Waals surface area contributed by atoms with E-state index < -0.39 is 0 Å². The molecule has 2 amide bonds. The summed E-state index contributed by atoms with van der Waals surface area (Å²) in [6.45, 7) is 0. The fraction of sp³-hybridized carbons (Fsp3) is 0.750. The van der Waals surface area contributed by atoms with Crippen molar-refractivity contribution in [3.8, 4) is 0 Å². The zero-order valence-corrected chi connectivity index (χ0v) is 6.95. The molecule has 2 N–H and O–H groups in total. The lowest BCUT2D eigenvalue weighted by Gasteiger charge is -2.30. The van der Waals surface area contributed by atoms with Crippen LogP contribution in [-0.2, 0) is 9.59 Å². The molecule has 0 aromatic rings. The van der Waals surface area contributed by atoms with Crippen molar-refractivity contribution in [2.45, 2.75) is 37.8 Å². The Morgan fingerprint density at radius 3 is 1.67 bits per heavy atom. The molecule has 0 radical (unpaired) electrons. The number of hydrogen-bond donors (Lipinski definition) is 2. The van der Waals surface area contributed by atoms with Crippen LogP contribution in [0.15, 0.2) is 0 Å². The highest BCUT2D eigenvalue weighted by Gasteiger charge is 2.23. The minimum absolute atomic E-state index is 0.126. The van der Waals surface area contributed by atoms with E-state index in [0.29, 0.717) is 12.8 Å². The normalized spacial score (nSPS) is 29.0. The molecule has 1 saturated carbocycles. The van der Waals surface area contributed by atoms with Crippen LogP contribution >= 0.6 is 0 Å². The lowest BCUT2D eigenvalue weighted by molar-refractivity contribution is -0.113. The van der Waals surface area contributed by atoms with Gasteiger partial charge < -0.3 is 10.6 Å². The molecule has 0 aromatic heterocycles. The van der Waals surface area contributed by atoms with Gasteiger partial charge in [0.25, 0.3) is 0 Å². The van der Waals surface area contributed by atoms with Crippen molar-refractivity contribution >= 4 is 12.8 Å². The maximum Gasteiger partial charge on any atom is 0.207 e. The first-order chi connectivity index (χ1) is 5.88. The summed E-state index contributed by atoms with van der Waals surface area (Å²) in [4.78, 5) is 20.4. The molecule has 0 saturated heterocycles. The van der Waals surface area contributed by atoms with Crippen LogP contribution in [0.25, 0.3) is 0 Å². The molecule has 0 unspecified atom stereocenters. The molecule has 0 spiro atoms. The number of carbonyl (C=O) groups excluding carboxylic acids is 2. The van der Waals surface area contributed by atoms with Crippen LogP contribution < -0.4 is 10.6 Å². The average Bonchev–Trinajstić information content (AvgIpc) is 2.09. The maximum atomic E-state index is 10.2. The summed E-state index contributed by atoms with van der Waals surface area (Å²) in [5.41, 5.74) is 0. The number of nitrogens with one attached hydrogen (secondary N) is 2. The van der Waals surface area contributed by atoms with Gasteiger partial charge in [-0.15, -0.1) is 0 Å². The van der Waals surface area contributed by atoms with Gasteiger partial charge in [-0.05, 0) is 12.8 Å². The van der Waals surface area contributed by atoms with Gasteiger partial charge in [0.2, 0.25) is 12.8 Å². The summed E-state index contributed by atoms with van der Waals surface area (Å²) < 4.78 is 0. The van der Waals surface area contributed by atoms with Gasteiger partial charge in [-0.3, -0.25) is 9.59 Å². The van der Waals surface area contributed by atoms with Crippen LogP contribution in [0.5, 0.6) is 0 Å². The third-order valence-electron chi connectivity index (χ3n) is 2.33. The zero-order valence-electron chi connectivity index (χ0n) is 6.95. The van der Waals surface area contributed by atoms with Crippen LogP contribution in [-0.4, -0.2) is 24.9 Å². The Bertz CT molecular complexity index is 143. The van der Waals surface area contributed by atoms with Crippen LogP contribution in [0.4, 0.5) is 0 Å². The standard InChI is InChI=1S/C8H14N2O2/c11-5-9-7-3-1-2-4-8(7)10-6-12/h5-8H,1-4H2,(H,9,11)(H,10,12)/t7-,8-/m0/s1. The monoisotopic (exact) mass is 170 g/mol. The molecule has 12 heavy (non-hydrogen) atoms. The predicted molar refractivity (Wildman–Crippen MR) is 44.4 cm³/mol. The molecule has 68 valence electrons. The molecule has 1 aliphatic carbocycles. The molecule has 0 aromatic carbocycles. The van der Waals surface area contributed by atoms with E-state index in [4.69, 9.17) is 0 Å². The summed E-state index contributed by atoms with van der Waals surface area (Å²) in [6.07, 6.45) is 5.59. The van der Waals surface area contributed by atoms with Crippen molar-refractivity contribution in [1.29, 1.82) is 0 Å². The fourth-order valence-corrected chi connectivity index (χ4v) is 1.70. The van der Waals surface area contributed by atoms with Gasteiger partial charge in [0.05, 0.1) is 0 Å². The van der Waals surface area contributed by atoms with Gasteiger partial charge >= 0.3 is 0 Å². The van der Waals surface area contributed by atoms with Gasteiger partial charge in [0, 0.05) is 12.1 Å². The molecule has 4 nitrogen and oxygen atoms in total. The smallest absolute Gasteiger partial charge is 0.207 e. The predicted octanol–water partition coefficient (Wildman–Crippen LogP) is -0.210. The summed E-state index contributed by atoms with van der Waals surface area (Å²) >= 11 is 0. The third kappa shape index (κ3) is 2.22. The van der Waals surface area contributed by atoms with Crippen LogP contribution in [0, 0.1) is 0 Å². The van der Waals surface area contributed by atoms with E-state index in [2.05, 4.69) is 10.6 Å². The van der Waals surface area contributed by atoms with E-state index in [1.54, 1.807) is 0 Å². The molecular formula is C8H14N2O2. The molecule has 0 aliphatic heterocycles. The van der Waals surface area contributed by atoms with Crippen LogP contribution in [0.2, 0.25) is 0 Å². The zero-order chi connectivity index (χ0) is 8.81. The molecule has 1 rings (SSSR count). The van der Waals surface area contributed by atoms with Gasteiger partial charge in [-0.25, -0.2) is 0 Å². The third-order valence-corrected chi connectivity index (χ3v) is 2.33. The Hall–Kier alpha value is -1.06. The highest BCUT2D eigenvalue weighted by atomic mass is 16.1. The number of amides is 2. The molecular weight excluding hydrogens is 156 g/mol. The van der Waals surface area contributed by atoms with E-state index in [0.717, 1.165) is 25.7 Å². The first-order valence-electron chi connectivity index (χ1n) is 4.28. The summed E-state index contributed by atoms with van der Waals surface area (Å²) in [7, 11) is 0. The lowest BCUT2D eigenvalue weighted by atomic mass is 9.90. The van der Waals surface area contributed by atoms with E-state index >= 15 is 0 Å². The SMILES string of the molecule is O=CN[C@H]1CCCC[C@@H]1NC=O. The van der Waals surface area contributed by atoms with E-state index in [1.807, 2.05) is 0 Å². The quantitative estimate of drug-likeness (QED) is 0.573. The Kier molecular flexibility index (Phi) is 3.57. The van der Waals surface area contributed by atoms with Gasteiger partial charge in [-0.1, -0.05) is 12.8 Å². The van der Waals surface area contributed by atoms with Crippen molar-refractivity contribution in [2.75, 3.05) is 0 Å². The maximum absolute atomic E-state index is 10.2. The summed E-state index contributed by atoms with van der Waals surface area (Å²) in [6, 6.07) is 0.253. The van der Waals surface area contributed by atoms with Gasteiger partial charge in [0.1, 0.15) is 0 Å². The van der Waals surface area contributed by atoms with E-state index in [-0.39, 0.29) is 12.1 Å². The number of carbonyl (C=O) groups is 2. The largest absolute Gasteiger partial charge is 0.354 e. The minimum Gasteiger partial charge on any atom is -0.354 e. The van der Waals surface area contributed by atoms with Gasteiger partial charge in [0.15, 0.2) is 0 Å². The fourth-order valence-electron chi connectivity index (χ4n) is 1.70. The highest BCUT2D eigenvalue weighted by Crippen LogP contribution is 2.17. The van der Waals surface area contributed by atoms with E-state index in [1.165, 1.54) is 0 Å². The van der Waals surface area contributed by atoms with Crippen molar-refractivity contribution in [3.05, 3.63) is 0 Å². The van der Waals surface area contributed by atoms with Crippen molar-refractivity contribution < 1.29 is 9.59 Å². The number of hydrogen-bond acceptors (Lipinski definition) is 2. The number of rotatable bonds is 4. The van der Waals surface area contributed by atoms with Crippen LogP contribution in [0.3, 0.4) is 0 Å². The Morgan fingerprint density at radius 2 is 1.33 bits per heavy atom. The first-order valence-corrected chi connectivity index (χ1v) is 4.28. The van der Waals surface area contributed by atoms with Gasteiger partial charge in [-0.2, -0.15) is 0 Å². The van der Waals surface area contributed by atoms with Crippen molar-refractivity contribution in [2.24, 2.45) is 0 Å². The Labute approximate surface area is 71.7 Å². The second-order valence-corrected chi connectivity index (χ2v) is 3.07. The topological polar surface area (TPSA) is 58.2 Å². The second-order valence-electron chi connectivity index (χ2n) is 3.07. The Morgan fingerprint density at radius 1 is 0.917 bits per heavy atom. The second kappa shape index (κ2) is 4.74. The average molecular weight is 170 g/mol. The van der Waals surface area contributed by atoms with E-state index in [9.17, 15) is 9.59 Å². The van der Waals surface area contributed by atoms with Crippen molar-refractivity contribution in [1.82, 2.24) is 10.6 Å². The molecule has 1 aliphatic rings. The molecule has 0 heterocycles. The summed E-state index contributed by atoms with van der Waals surface area (Å²) in [5.74, 6) is 0. The molecule has 2 atom stereocenters. The first kappa shape index (κ1) is 9.03. The molecule has 4 heteroatoms.